The Morgan fingerprint density at radius 1 is 1.45 bits per heavy atom. The molecule has 1 aliphatic heterocycles. The molecule has 0 spiro atoms. The van der Waals surface area contributed by atoms with Gasteiger partial charge in [-0.25, -0.2) is 4.39 Å². The molecule has 5 heteroatoms. The molecule has 110 valence electrons. The highest BCUT2D eigenvalue weighted by Crippen LogP contribution is 2.24. The van der Waals surface area contributed by atoms with Gasteiger partial charge in [0.15, 0.2) is 0 Å². The number of carbonyl (C=O) groups is 1. The van der Waals surface area contributed by atoms with Crippen LogP contribution >= 0.6 is 0 Å². The van der Waals surface area contributed by atoms with Crippen molar-refractivity contribution in [2.75, 3.05) is 27.3 Å². The summed E-state index contributed by atoms with van der Waals surface area (Å²) in [5.41, 5.74) is 0.804. The average Bonchev–Trinajstić information content (AvgIpc) is 2.47. The van der Waals surface area contributed by atoms with Gasteiger partial charge in [0, 0.05) is 18.7 Å². The van der Waals surface area contributed by atoms with E-state index in [1.807, 2.05) is 0 Å². The molecule has 0 unspecified atom stereocenters. The van der Waals surface area contributed by atoms with Crippen molar-refractivity contribution in [2.45, 2.75) is 19.4 Å². The first-order chi connectivity index (χ1) is 9.63. The summed E-state index contributed by atoms with van der Waals surface area (Å²) in [5, 5.41) is 0. The zero-order valence-electron chi connectivity index (χ0n) is 11.9. The van der Waals surface area contributed by atoms with E-state index in [9.17, 15) is 9.18 Å². The lowest BCUT2D eigenvalue weighted by atomic mass is 9.97. The Morgan fingerprint density at radius 3 is 2.95 bits per heavy atom. The average molecular weight is 281 g/mol. The van der Waals surface area contributed by atoms with Crippen LogP contribution in [0.15, 0.2) is 18.2 Å². The molecule has 2 rings (SSSR count). The monoisotopic (exact) mass is 281 g/mol. The Bertz CT molecular complexity index is 478. The summed E-state index contributed by atoms with van der Waals surface area (Å²) >= 11 is 0. The zero-order valence-corrected chi connectivity index (χ0v) is 11.9. The lowest BCUT2D eigenvalue weighted by molar-refractivity contribution is -0.147. The predicted molar refractivity (Wildman–Crippen MR) is 73.0 cm³/mol. The summed E-state index contributed by atoms with van der Waals surface area (Å²) in [6.07, 6.45) is 1.79. The molecule has 1 aliphatic rings. The number of hydrogen-bond donors (Lipinski definition) is 0. The molecule has 0 radical (unpaired) electrons. The zero-order chi connectivity index (χ0) is 14.5. The van der Waals surface area contributed by atoms with Gasteiger partial charge in [-0.05, 0) is 37.6 Å². The van der Waals surface area contributed by atoms with Crippen LogP contribution in [0.25, 0.3) is 0 Å². The second-order valence-corrected chi connectivity index (χ2v) is 5.05. The molecular formula is C15H20FNO3. The van der Waals surface area contributed by atoms with Crippen molar-refractivity contribution in [3.05, 3.63) is 29.6 Å². The lowest BCUT2D eigenvalue weighted by Gasteiger charge is -2.31. The van der Waals surface area contributed by atoms with E-state index in [0.29, 0.717) is 18.8 Å². The van der Waals surface area contributed by atoms with Crippen LogP contribution in [0.1, 0.15) is 18.4 Å². The summed E-state index contributed by atoms with van der Waals surface area (Å²) in [4.78, 5) is 13.7. The quantitative estimate of drug-likeness (QED) is 0.793. The van der Waals surface area contributed by atoms with Crippen LogP contribution in [0.5, 0.6) is 5.75 Å². The highest BCUT2D eigenvalue weighted by Gasteiger charge is 2.26. The minimum atomic E-state index is -0.276. The Morgan fingerprint density at radius 2 is 2.25 bits per heavy atom. The number of carbonyl (C=O) groups excluding carboxylic acids is 1. The molecule has 4 nitrogen and oxygen atoms in total. The van der Waals surface area contributed by atoms with E-state index >= 15 is 0 Å². The Hall–Kier alpha value is -1.62. The number of halogens is 1. The van der Waals surface area contributed by atoms with Crippen molar-refractivity contribution in [1.29, 1.82) is 0 Å². The number of likely N-dealkylation sites (tertiary alicyclic amines) is 1. The minimum Gasteiger partial charge on any atom is -0.496 e. The number of rotatable bonds is 4. The molecule has 0 N–H and O–H groups in total. The topological polar surface area (TPSA) is 38.8 Å². The maximum atomic E-state index is 13.3. The van der Waals surface area contributed by atoms with Crippen molar-refractivity contribution >= 4 is 5.97 Å². The van der Waals surface area contributed by atoms with E-state index in [4.69, 9.17) is 9.47 Å². The standard InChI is InChI=1S/C15H20FNO3/c1-19-14-6-5-13(16)8-12(14)10-17-7-3-4-11(9-17)15(18)20-2/h5-6,8,11H,3-4,7,9-10H2,1-2H3/t11-/m0/s1. The van der Waals surface area contributed by atoms with Gasteiger partial charge in [-0.15, -0.1) is 0 Å². The number of methoxy groups -OCH3 is 2. The van der Waals surface area contributed by atoms with Crippen LogP contribution in [-0.2, 0) is 16.1 Å². The SMILES string of the molecule is COC(=O)[C@H]1CCCN(Cc2cc(F)ccc2OC)C1. The van der Waals surface area contributed by atoms with Crippen LogP contribution in [0.2, 0.25) is 0 Å². The Labute approximate surface area is 118 Å². The molecule has 0 aromatic heterocycles. The molecule has 0 bridgehead atoms. The molecular weight excluding hydrogens is 261 g/mol. The number of nitrogens with zero attached hydrogens (tertiary/aromatic N) is 1. The normalized spacial score (nSPS) is 19.6. The third-order valence-electron chi connectivity index (χ3n) is 3.68. The summed E-state index contributed by atoms with van der Waals surface area (Å²) in [5.74, 6) is 0.142. The van der Waals surface area contributed by atoms with Crippen molar-refractivity contribution in [1.82, 2.24) is 4.90 Å². The van der Waals surface area contributed by atoms with Crippen LogP contribution < -0.4 is 4.74 Å². The van der Waals surface area contributed by atoms with Crippen molar-refractivity contribution < 1.29 is 18.7 Å². The van der Waals surface area contributed by atoms with Crippen LogP contribution in [0.4, 0.5) is 4.39 Å². The Kier molecular flexibility index (Phi) is 4.95. The summed E-state index contributed by atoms with van der Waals surface area (Å²) in [6, 6.07) is 4.50. The first kappa shape index (κ1) is 14.8. The molecule has 1 fully saturated rings. The van der Waals surface area contributed by atoms with Gasteiger partial charge in [0.1, 0.15) is 11.6 Å². The molecule has 20 heavy (non-hydrogen) atoms. The van der Waals surface area contributed by atoms with Gasteiger partial charge in [0.2, 0.25) is 0 Å². The molecule has 1 saturated heterocycles. The number of hydrogen-bond acceptors (Lipinski definition) is 4. The second-order valence-electron chi connectivity index (χ2n) is 5.05. The molecule has 0 amide bonds. The molecule has 1 atom stereocenters. The maximum Gasteiger partial charge on any atom is 0.309 e. The molecule has 0 saturated carbocycles. The van der Waals surface area contributed by atoms with Crippen molar-refractivity contribution in [3.63, 3.8) is 0 Å². The highest BCUT2D eigenvalue weighted by atomic mass is 19.1. The largest absolute Gasteiger partial charge is 0.496 e. The van der Waals surface area contributed by atoms with Gasteiger partial charge in [-0.3, -0.25) is 9.69 Å². The smallest absolute Gasteiger partial charge is 0.309 e. The van der Waals surface area contributed by atoms with Gasteiger partial charge in [-0.1, -0.05) is 0 Å². The summed E-state index contributed by atoms with van der Waals surface area (Å²) < 4.78 is 23.4. The van der Waals surface area contributed by atoms with Gasteiger partial charge < -0.3 is 9.47 Å². The van der Waals surface area contributed by atoms with Gasteiger partial charge in [-0.2, -0.15) is 0 Å². The fourth-order valence-corrected chi connectivity index (χ4v) is 2.67. The lowest BCUT2D eigenvalue weighted by Crippen LogP contribution is -2.38. The van der Waals surface area contributed by atoms with Crippen LogP contribution in [0, 0.1) is 11.7 Å². The second kappa shape index (κ2) is 6.70. The third kappa shape index (κ3) is 3.48. The highest BCUT2D eigenvalue weighted by molar-refractivity contribution is 5.72. The molecule has 0 aliphatic carbocycles. The van der Waals surface area contributed by atoms with Crippen molar-refractivity contribution in [3.8, 4) is 5.75 Å². The van der Waals surface area contributed by atoms with E-state index in [0.717, 1.165) is 24.9 Å². The van der Waals surface area contributed by atoms with E-state index < -0.39 is 0 Å². The van der Waals surface area contributed by atoms with Crippen molar-refractivity contribution in [2.24, 2.45) is 5.92 Å². The number of esters is 1. The number of benzene rings is 1. The third-order valence-corrected chi connectivity index (χ3v) is 3.68. The molecule has 1 aromatic carbocycles. The van der Waals surface area contributed by atoms with E-state index in [-0.39, 0.29) is 17.7 Å². The van der Waals surface area contributed by atoms with Gasteiger partial charge in [0.25, 0.3) is 0 Å². The van der Waals surface area contributed by atoms with E-state index in [1.165, 1.54) is 19.2 Å². The first-order valence-corrected chi connectivity index (χ1v) is 6.76. The predicted octanol–water partition coefficient (Wildman–Crippen LogP) is 2.22. The summed E-state index contributed by atoms with van der Waals surface area (Å²) in [7, 11) is 2.99. The molecule has 1 heterocycles. The van der Waals surface area contributed by atoms with Crippen LogP contribution in [0.3, 0.4) is 0 Å². The fourth-order valence-electron chi connectivity index (χ4n) is 2.67. The number of ether oxygens (including phenoxy) is 2. The summed E-state index contributed by atoms with van der Waals surface area (Å²) in [6.45, 7) is 2.12. The first-order valence-electron chi connectivity index (χ1n) is 6.76. The molecule has 1 aromatic rings. The number of piperidine rings is 1. The minimum absolute atomic E-state index is 0.0895. The maximum absolute atomic E-state index is 13.3. The Balaban J connectivity index is 2.06. The fraction of sp³-hybridized carbons (Fsp3) is 0.533. The van der Waals surface area contributed by atoms with E-state index in [1.54, 1.807) is 13.2 Å². The van der Waals surface area contributed by atoms with Gasteiger partial charge in [0.05, 0.1) is 20.1 Å². The van der Waals surface area contributed by atoms with Gasteiger partial charge >= 0.3 is 5.97 Å². The van der Waals surface area contributed by atoms with E-state index in [2.05, 4.69) is 4.90 Å². The van der Waals surface area contributed by atoms with Crippen LogP contribution in [-0.4, -0.2) is 38.2 Å².